The van der Waals surface area contributed by atoms with Gasteiger partial charge in [0.1, 0.15) is 5.01 Å². The smallest absolute Gasteiger partial charge is 0.189 e. The Labute approximate surface area is 84.6 Å². The molecule has 0 radical (unpaired) electrons. The number of nitrogens with two attached hydrogens (primary N) is 1. The number of aliphatic hydroxyl groups excluding tert-OH is 1. The van der Waals surface area contributed by atoms with Crippen molar-refractivity contribution in [2.45, 2.75) is 12.5 Å². The summed E-state index contributed by atoms with van der Waals surface area (Å²) < 4.78 is 0. The van der Waals surface area contributed by atoms with Crippen LogP contribution in [0.15, 0.2) is 12.4 Å². The van der Waals surface area contributed by atoms with E-state index in [9.17, 15) is 0 Å². The molecule has 0 aromatic carbocycles. The van der Waals surface area contributed by atoms with Crippen LogP contribution in [0.5, 0.6) is 0 Å². The van der Waals surface area contributed by atoms with Gasteiger partial charge in [-0.05, 0) is 6.42 Å². The van der Waals surface area contributed by atoms with Crippen LogP contribution in [0.4, 0.5) is 0 Å². The summed E-state index contributed by atoms with van der Waals surface area (Å²) in [5.41, 5.74) is 6.43. The second-order valence-electron chi connectivity index (χ2n) is 2.86. The molecule has 0 saturated carbocycles. The first-order chi connectivity index (χ1) is 6.81. The fourth-order valence-corrected chi connectivity index (χ4v) is 2.02. The molecule has 2 aromatic heterocycles. The van der Waals surface area contributed by atoms with Crippen molar-refractivity contribution in [3.8, 4) is 0 Å². The third-order valence-corrected chi connectivity index (χ3v) is 2.91. The zero-order valence-electron chi connectivity index (χ0n) is 7.42. The highest BCUT2D eigenvalue weighted by Crippen LogP contribution is 2.23. The van der Waals surface area contributed by atoms with Crippen LogP contribution >= 0.6 is 11.3 Å². The minimum atomic E-state index is -0.221. The maximum atomic E-state index is 8.74. The standard InChI is InChI=1S/C8H10N4OS/c9-5(1-4-13)7-12-6-8(14-7)11-3-2-10-6/h2-3,5,13H,1,4,9H2. The van der Waals surface area contributed by atoms with Crippen LogP contribution in [0, 0.1) is 0 Å². The summed E-state index contributed by atoms with van der Waals surface area (Å²) >= 11 is 1.42. The second kappa shape index (κ2) is 3.95. The first kappa shape index (κ1) is 9.45. The third-order valence-electron chi connectivity index (χ3n) is 1.82. The molecule has 1 unspecified atom stereocenters. The van der Waals surface area contributed by atoms with Gasteiger partial charge in [0.2, 0.25) is 0 Å². The Morgan fingerprint density at radius 3 is 2.93 bits per heavy atom. The maximum absolute atomic E-state index is 8.74. The molecule has 0 fully saturated rings. The van der Waals surface area contributed by atoms with Gasteiger partial charge >= 0.3 is 0 Å². The Morgan fingerprint density at radius 1 is 1.43 bits per heavy atom. The van der Waals surface area contributed by atoms with Crippen molar-refractivity contribution < 1.29 is 5.11 Å². The minimum absolute atomic E-state index is 0.0674. The number of aliphatic hydroxyl groups is 1. The van der Waals surface area contributed by atoms with E-state index in [2.05, 4.69) is 15.0 Å². The lowest BCUT2D eigenvalue weighted by Crippen LogP contribution is -2.11. The van der Waals surface area contributed by atoms with E-state index in [1.807, 2.05) is 0 Å². The van der Waals surface area contributed by atoms with E-state index in [-0.39, 0.29) is 12.6 Å². The molecule has 74 valence electrons. The lowest BCUT2D eigenvalue weighted by Gasteiger charge is -2.03. The molecular weight excluding hydrogens is 200 g/mol. The van der Waals surface area contributed by atoms with E-state index in [1.54, 1.807) is 12.4 Å². The van der Waals surface area contributed by atoms with Crippen molar-refractivity contribution in [3.63, 3.8) is 0 Å². The molecule has 1 atom stereocenters. The normalized spacial score (nSPS) is 13.3. The highest BCUT2D eigenvalue weighted by Gasteiger charge is 2.12. The summed E-state index contributed by atoms with van der Waals surface area (Å²) in [6.45, 7) is 0.0674. The van der Waals surface area contributed by atoms with Gasteiger partial charge in [0.25, 0.3) is 0 Å². The number of rotatable bonds is 3. The molecule has 0 saturated heterocycles. The first-order valence-electron chi connectivity index (χ1n) is 4.25. The van der Waals surface area contributed by atoms with Crippen molar-refractivity contribution in [2.75, 3.05) is 6.61 Å². The number of thiazole rings is 1. The van der Waals surface area contributed by atoms with Crippen molar-refractivity contribution in [1.29, 1.82) is 0 Å². The Hall–Kier alpha value is -1.11. The van der Waals surface area contributed by atoms with Crippen molar-refractivity contribution in [2.24, 2.45) is 5.73 Å². The molecule has 0 aliphatic rings. The van der Waals surface area contributed by atoms with Gasteiger partial charge in [-0.15, -0.1) is 0 Å². The number of fused-ring (bicyclic) bond motifs is 1. The number of hydrogen-bond donors (Lipinski definition) is 2. The Balaban J connectivity index is 2.35. The van der Waals surface area contributed by atoms with Crippen LogP contribution in [0.25, 0.3) is 10.5 Å². The minimum Gasteiger partial charge on any atom is -0.396 e. The van der Waals surface area contributed by atoms with Gasteiger partial charge in [0.15, 0.2) is 10.5 Å². The summed E-state index contributed by atoms with van der Waals surface area (Å²) in [5.74, 6) is 0. The van der Waals surface area contributed by atoms with Crippen LogP contribution in [0.2, 0.25) is 0 Å². The van der Waals surface area contributed by atoms with Crippen molar-refractivity contribution >= 4 is 21.8 Å². The third kappa shape index (κ3) is 1.72. The molecule has 3 N–H and O–H groups in total. The van der Waals surface area contributed by atoms with E-state index < -0.39 is 0 Å². The maximum Gasteiger partial charge on any atom is 0.189 e. The van der Waals surface area contributed by atoms with Gasteiger partial charge in [0.05, 0.1) is 6.04 Å². The van der Waals surface area contributed by atoms with Crippen LogP contribution in [-0.4, -0.2) is 26.7 Å². The molecule has 2 aromatic rings. The van der Waals surface area contributed by atoms with E-state index in [0.29, 0.717) is 12.1 Å². The summed E-state index contributed by atoms with van der Waals surface area (Å²) in [6.07, 6.45) is 3.74. The molecule has 2 heterocycles. The van der Waals surface area contributed by atoms with Gasteiger partial charge in [0, 0.05) is 19.0 Å². The molecule has 6 heteroatoms. The summed E-state index contributed by atoms with van der Waals surface area (Å²) in [5, 5.41) is 9.52. The zero-order chi connectivity index (χ0) is 9.97. The first-order valence-corrected chi connectivity index (χ1v) is 5.07. The topological polar surface area (TPSA) is 84.9 Å². The zero-order valence-corrected chi connectivity index (χ0v) is 8.24. The lowest BCUT2D eigenvalue weighted by molar-refractivity contribution is 0.276. The molecule has 0 spiro atoms. The summed E-state index contributed by atoms with van der Waals surface area (Å²) in [7, 11) is 0. The van der Waals surface area contributed by atoms with Crippen LogP contribution < -0.4 is 5.73 Å². The van der Waals surface area contributed by atoms with Gasteiger partial charge in [-0.2, -0.15) is 0 Å². The second-order valence-corrected chi connectivity index (χ2v) is 3.87. The van der Waals surface area contributed by atoms with Crippen LogP contribution in [0.1, 0.15) is 17.5 Å². The summed E-state index contributed by atoms with van der Waals surface area (Å²) in [6, 6.07) is -0.221. The quantitative estimate of drug-likeness (QED) is 0.769. The predicted octanol–water partition coefficient (Wildman–Crippen LogP) is 0.468. The average Bonchev–Trinajstić information content (AvgIpc) is 2.61. The molecule has 5 nitrogen and oxygen atoms in total. The SMILES string of the molecule is NC(CCO)c1nc2nccnc2s1. The highest BCUT2D eigenvalue weighted by atomic mass is 32.1. The van der Waals surface area contributed by atoms with E-state index in [0.717, 1.165) is 9.84 Å². The van der Waals surface area contributed by atoms with E-state index in [1.165, 1.54) is 11.3 Å². The fourth-order valence-electron chi connectivity index (χ4n) is 1.11. The molecular formula is C8H10N4OS. The van der Waals surface area contributed by atoms with Crippen molar-refractivity contribution in [1.82, 2.24) is 15.0 Å². The largest absolute Gasteiger partial charge is 0.396 e. The Morgan fingerprint density at radius 2 is 2.21 bits per heavy atom. The molecule has 14 heavy (non-hydrogen) atoms. The van der Waals surface area contributed by atoms with Crippen molar-refractivity contribution in [3.05, 3.63) is 17.4 Å². The number of nitrogens with zero attached hydrogens (tertiary/aromatic N) is 3. The van der Waals surface area contributed by atoms with Gasteiger partial charge in [-0.1, -0.05) is 11.3 Å². The highest BCUT2D eigenvalue weighted by molar-refractivity contribution is 7.18. The molecule has 0 aliphatic heterocycles. The summed E-state index contributed by atoms with van der Waals surface area (Å²) in [4.78, 5) is 13.2. The van der Waals surface area contributed by atoms with Gasteiger partial charge < -0.3 is 10.8 Å². The Bertz CT molecular complexity index is 397. The van der Waals surface area contributed by atoms with E-state index in [4.69, 9.17) is 10.8 Å². The van der Waals surface area contributed by atoms with Crippen LogP contribution in [0.3, 0.4) is 0 Å². The van der Waals surface area contributed by atoms with Gasteiger partial charge in [-0.3, -0.25) is 0 Å². The lowest BCUT2D eigenvalue weighted by atomic mass is 10.2. The molecule has 2 rings (SSSR count). The Kier molecular flexibility index (Phi) is 2.67. The molecule has 0 aliphatic carbocycles. The number of hydrogen-bond acceptors (Lipinski definition) is 6. The van der Waals surface area contributed by atoms with E-state index >= 15 is 0 Å². The monoisotopic (exact) mass is 210 g/mol. The van der Waals surface area contributed by atoms with Crippen LogP contribution in [-0.2, 0) is 0 Å². The molecule has 0 bridgehead atoms. The van der Waals surface area contributed by atoms with Gasteiger partial charge in [-0.25, -0.2) is 15.0 Å². The predicted molar refractivity (Wildman–Crippen MR) is 53.8 cm³/mol. The number of aromatic nitrogens is 3. The molecule has 0 amide bonds. The fraction of sp³-hybridized carbons (Fsp3) is 0.375. The average molecular weight is 210 g/mol.